The molecular weight excluding hydrogens is 210 g/mol. The Bertz CT molecular complexity index is 492. The average Bonchev–Trinajstić information content (AvgIpc) is 2.23. The van der Waals surface area contributed by atoms with Gasteiger partial charge in [-0.2, -0.15) is 0 Å². The molecule has 68 valence electrons. The fourth-order valence-electron chi connectivity index (χ4n) is 1.15. The van der Waals surface area contributed by atoms with Gasteiger partial charge in [0.2, 0.25) is 0 Å². The summed E-state index contributed by atoms with van der Waals surface area (Å²) in [7, 11) is -3.63. The number of sulfonamides is 1. The van der Waals surface area contributed by atoms with Gasteiger partial charge in [-0.3, -0.25) is 4.79 Å². The SMILES string of the molecule is O=C1NS(=O)(=O)c2cc(S)ccc21. The van der Waals surface area contributed by atoms with Gasteiger partial charge in [-0.15, -0.1) is 12.6 Å². The van der Waals surface area contributed by atoms with E-state index in [2.05, 4.69) is 12.6 Å². The maximum atomic E-state index is 11.2. The first kappa shape index (κ1) is 8.58. The van der Waals surface area contributed by atoms with Crippen molar-refractivity contribution in [1.82, 2.24) is 4.72 Å². The first-order valence-corrected chi connectivity index (χ1v) is 5.34. The minimum Gasteiger partial charge on any atom is -0.268 e. The Labute approximate surface area is 80.4 Å². The number of fused-ring (bicyclic) bond motifs is 1. The molecule has 0 fully saturated rings. The maximum Gasteiger partial charge on any atom is 0.266 e. The van der Waals surface area contributed by atoms with Crippen LogP contribution in [0.15, 0.2) is 28.0 Å². The van der Waals surface area contributed by atoms with Gasteiger partial charge in [-0.1, -0.05) is 0 Å². The number of benzene rings is 1. The molecule has 13 heavy (non-hydrogen) atoms. The molecule has 0 aliphatic carbocycles. The van der Waals surface area contributed by atoms with Crippen LogP contribution in [-0.4, -0.2) is 14.3 Å². The Balaban J connectivity index is 2.81. The minimum absolute atomic E-state index is 0.00463. The van der Waals surface area contributed by atoms with Crippen LogP contribution in [0, 0.1) is 0 Å². The van der Waals surface area contributed by atoms with Crippen molar-refractivity contribution in [3.8, 4) is 0 Å². The molecule has 1 heterocycles. The van der Waals surface area contributed by atoms with Gasteiger partial charge in [0.05, 0.1) is 5.56 Å². The monoisotopic (exact) mass is 215 g/mol. The summed E-state index contributed by atoms with van der Waals surface area (Å²) >= 11 is 3.99. The summed E-state index contributed by atoms with van der Waals surface area (Å²) < 4.78 is 24.4. The van der Waals surface area contributed by atoms with E-state index in [1.807, 2.05) is 4.72 Å². The molecule has 1 aliphatic rings. The Hall–Kier alpha value is -1.01. The predicted molar refractivity (Wildman–Crippen MR) is 48.3 cm³/mol. The number of carbonyl (C=O) groups excluding carboxylic acids is 1. The van der Waals surface area contributed by atoms with Crippen LogP contribution in [0.5, 0.6) is 0 Å². The quantitative estimate of drug-likeness (QED) is 0.616. The van der Waals surface area contributed by atoms with Crippen LogP contribution in [0.2, 0.25) is 0 Å². The molecule has 0 atom stereocenters. The molecule has 4 nitrogen and oxygen atoms in total. The van der Waals surface area contributed by atoms with Crippen molar-refractivity contribution in [2.45, 2.75) is 9.79 Å². The summed E-state index contributed by atoms with van der Waals surface area (Å²) in [5.41, 5.74) is 0.179. The van der Waals surface area contributed by atoms with Crippen LogP contribution in [-0.2, 0) is 10.0 Å². The van der Waals surface area contributed by atoms with Crippen LogP contribution < -0.4 is 4.72 Å². The van der Waals surface area contributed by atoms with Crippen molar-refractivity contribution >= 4 is 28.6 Å². The van der Waals surface area contributed by atoms with Crippen LogP contribution in [0.25, 0.3) is 0 Å². The van der Waals surface area contributed by atoms with Gasteiger partial charge in [0.15, 0.2) is 0 Å². The molecule has 0 bridgehead atoms. The third-order valence-electron chi connectivity index (χ3n) is 1.73. The van der Waals surface area contributed by atoms with E-state index in [9.17, 15) is 13.2 Å². The number of thiol groups is 1. The zero-order valence-electron chi connectivity index (χ0n) is 6.31. The second-order valence-corrected chi connectivity index (χ2v) is 4.78. The molecule has 0 saturated carbocycles. The Morgan fingerprint density at radius 2 is 2.00 bits per heavy atom. The Kier molecular flexibility index (Phi) is 1.64. The van der Waals surface area contributed by atoms with Crippen LogP contribution >= 0.6 is 12.6 Å². The fraction of sp³-hybridized carbons (Fsp3) is 0. The molecule has 0 saturated heterocycles. The van der Waals surface area contributed by atoms with Crippen molar-refractivity contribution in [2.75, 3.05) is 0 Å². The highest BCUT2D eigenvalue weighted by Crippen LogP contribution is 2.24. The van der Waals surface area contributed by atoms with Gasteiger partial charge in [-0.05, 0) is 18.2 Å². The Morgan fingerprint density at radius 1 is 1.31 bits per heavy atom. The molecule has 0 spiro atoms. The fourth-order valence-corrected chi connectivity index (χ4v) is 2.64. The van der Waals surface area contributed by atoms with E-state index < -0.39 is 15.9 Å². The van der Waals surface area contributed by atoms with Gasteiger partial charge < -0.3 is 0 Å². The third-order valence-corrected chi connectivity index (χ3v) is 3.38. The molecule has 6 heteroatoms. The number of hydrogen-bond donors (Lipinski definition) is 2. The van der Waals surface area contributed by atoms with Crippen molar-refractivity contribution in [3.05, 3.63) is 23.8 Å². The van der Waals surface area contributed by atoms with Crippen molar-refractivity contribution in [3.63, 3.8) is 0 Å². The lowest BCUT2D eigenvalue weighted by Gasteiger charge is -1.95. The van der Waals surface area contributed by atoms with Gasteiger partial charge in [0.1, 0.15) is 4.90 Å². The lowest BCUT2D eigenvalue weighted by molar-refractivity contribution is 0.0985. The maximum absolute atomic E-state index is 11.2. The van der Waals surface area contributed by atoms with Crippen LogP contribution in [0.4, 0.5) is 0 Å². The van der Waals surface area contributed by atoms with Crippen molar-refractivity contribution in [2.24, 2.45) is 0 Å². The summed E-state index contributed by atoms with van der Waals surface area (Å²) in [6.45, 7) is 0. The van der Waals surface area contributed by atoms with E-state index in [0.29, 0.717) is 4.90 Å². The largest absolute Gasteiger partial charge is 0.268 e. The summed E-state index contributed by atoms with van der Waals surface area (Å²) in [5, 5.41) is 0. The highest BCUT2D eigenvalue weighted by Gasteiger charge is 2.32. The standard InChI is InChI=1S/C7H5NO3S2/c9-7-5-2-1-4(12)3-6(5)13(10,11)8-7/h1-3,12H,(H,8,9). The molecule has 1 aromatic carbocycles. The topological polar surface area (TPSA) is 63.2 Å². The highest BCUT2D eigenvalue weighted by molar-refractivity contribution is 7.90. The second kappa shape index (κ2) is 2.49. The van der Waals surface area contributed by atoms with Gasteiger partial charge in [-0.25, -0.2) is 13.1 Å². The Morgan fingerprint density at radius 3 is 2.69 bits per heavy atom. The molecule has 2 rings (SSSR count). The first-order valence-electron chi connectivity index (χ1n) is 3.41. The van der Waals surface area contributed by atoms with E-state index in [0.717, 1.165) is 0 Å². The molecule has 1 N–H and O–H groups in total. The first-order chi connectivity index (χ1) is 6.00. The summed E-state index contributed by atoms with van der Waals surface area (Å²) in [5.74, 6) is -0.580. The predicted octanol–water partition coefficient (Wildman–Crippen LogP) is 0.407. The number of carbonyl (C=O) groups is 1. The number of rotatable bonds is 0. The molecule has 0 radical (unpaired) electrons. The summed E-state index contributed by atoms with van der Waals surface area (Å²) in [4.78, 5) is 11.6. The van der Waals surface area contributed by atoms with E-state index in [-0.39, 0.29) is 10.5 Å². The molecule has 1 aliphatic heterocycles. The second-order valence-electron chi connectivity index (χ2n) is 2.62. The molecule has 1 aromatic rings. The number of hydrogen-bond acceptors (Lipinski definition) is 4. The zero-order valence-corrected chi connectivity index (χ0v) is 8.02. The molecule has 0 unspecified atom stereocenters. The summed E-state index contributed by atoms with van der Waals surface area (Å²) in [6.07, 6.45) is 0. The number of nitrogens with one attached hydrogen (secondary N) is 1. The van der Waals surface area contributed by atoms with E-state index in [1.165, 1.54) is 12.1 Å². The van der Waals surface area contributed by atoms with Crippen LogP contribution in [0.1, 0.15) is 10.4 Å². The smallest absolute Gasteiger partial charge is 0.266 e. The van der Waals surface area contributed by atoms with Crippen LogP contribution in [0.3, 0.4) is 0 Å². The van der Waals surface area contributed by atoms with E-state index in [1.54, 1.807) is 6.07 Å². The van der Waals surface area contributed by atoms with Gasteiger partial charge in [0.25, 0.3) is 15.9 Å². The molecule has 1 amide bonds. The molecular formula is C7H5NO3S2. The van der Waals surface area contributed by atoms with Crippen molar-refractivity contribution in [1.29, 1.82) is 0 Å². The van der Waals surface area contributed by atoms with E-state index >= 15 is 0 Å². The lowest BCUT2D eigenvalue weighted by atomic mass is 10.2. The average molecular weight is 215 g/mol. The lowest BCUT2D eigenvalue weighted by Crippen LogP contribution is -2.20. The van der Waals surface area contributed by atoms with Crippen molar-refractivity contribution < 1.29 is 13.2 Å². The number of amides is 1. The highest BCUT2D eigenvalue weighted by atomic mass is 32.2. The van der Waals surface area contributed by atoms with Gasteiger partial charge in [0, 0.05) is 4.90 Å². The summed E-state index contributed by atoms with van der Waals surface area (Å²) in [6, 6.07) is 4.37. The normalized spacial score (nSPS) is 18.1. The van der Waals surface area contributed by atoms with E-state index in [4.69, 9.17) is 0 Å². The van der Waals surface area contributed by atoms with Gasteiger partial charge >= 0.3 is 0 Å². The zero-order chi connectivity index (χ0) is 9.64. The third kappa shape index (κ3) is 1.22. The molecule has 0 aromatic heterocycles. The minimum atomic E-state index is -3.63.